The summed E-state index contributed by atoms with van der Waals surface area (Å²) in [6.07, 6.45) is 6.51. The third kappa shape index (κ3) is 4.14. The number of benzene rings is 1. The van der Waals surface area contributed by atoms with Gasteiger partial charge in [-0.1, -0.05) is 30.6 Å². The Kier molecular flexibility index (Phi) is 5.57. The molecule has 0 spiro atoms. The van der Waals surface area contributed by atoms with Crippen LogP contribution in [-0.2, 0) is 0 Å². The molecule has 0 bridgehead atoms. The molecule has 2 aliphatic rings. The molecular formula is C22H25FN6S. The highest BCUT2D eigenvalue weighted by Crippen LogP contribution is 2.36. The van der Waals surface area contributed by atoms with Crippen LogP contribution in [0.15, 0.2) is 36.4 Å². The summed E-state index contributed by atoms with van der Waals surface area (Å²) >= 11 is 1.77. The average molecular weight is 425 g/mol. The molecule has 0 unspecified atom stereocenters. The number of halogens is 1. The van der Waals surface area contributed by atoms with E-state index in [0.29, 0.717) is 5.92 Å². The lowest BCUT2D eigenvalue weighted by atomic mass is 9.90. The Labute approximate surface area is 179 Å². The van der Waals surface area contributed by atoms with Crippen LogP contribution in [0.5, 0.6) is 0 Å². The fourth-order valence-electron chi connectivity index (χ4n) is 4.26. The van der Waals surface area contributed by atoms with Gasteiger partial charge in [0.25, 0.3) is 0 Å². The van der Waals surface area contributed by atoms with Gasteiger partial charge in [0.1, 0.15) is 10.8 Å². The summed E-state index contributed by atoms with van der Waals surface area (Å²) < 4.78 is 13.1. The number of rotatable bonds is 4. The number of anilines is 2. The molecule has 1 aliphatic carbocycles. The minimum atomic E-state index is -0.248. The lowest BCUT2D eigenvalue weighted by Gasteiger charge is -2.34. The van der Waals surface area contributed by atoms with E-state index in [0.717, 1.165) is 48.4 Å². The van der Waals surface area contributed by atoms with E-state index >= 15 is 0 Å². The number of hydrogen-bond acceptors (Lipinski definition) is 7. The molecule has 6 nitrogen and oxygen atoms in total. The zero-order valence-corrected chi connectivity index (χ0v) is 17.7. The first-order valence-electron chi connectivity index (χ1n) is 10.7. The Morgan fingerprint density at radius 2 is 1.50 bits per heavy atom. The van der Waals surface area contributed by atoms with Crippen molar-refractivity contribution in [2.45, 2.75) is 38.0 Å². The molecule has 30 heavy (non-hydrogen) atoms. The smallest absolute Gasteiger partial charge is 0.208 e. The average Bonchev–Trinajstić information content (AvgIpc) is 3.31. The van der Waals surface area contributed by atoms with Crippen molar-refractivity contribution in [2.24, 2.45) is 0 Å². The third-order valence-corrected chi connectivity index (χ3v) is 7.20. The summed E-state index contributed by atoms with van der Waals surface area (Å²) in [5.74, 6) is 1.24. The molecule has 2 fully saturated rings. The second kappa shape index (κ2) is 8.63. The van der Waals surface area contributed by atoms with Crippen LogP contribution in [-0.4, -0.2) is 46.6 Å². The van der Waals surface area contributed by atoms with Gasteiger partial charge >= 0.3 is 0 Å². The Bertz CT molecular complexity index is 960. The Balaban J connectivity index is 1.20. The fourth-order valence-corrected chi connectivity index (χ4v) is 5.33. The van der Waals surface area contributed by atoms with Gasteiger partial charge in [0, 0.05) is 37.7 Å². The molecule has 3 aromatic rings. The Hall–Kier alpha value is -2.61. The summed E-state index contributed by atoms with van der Waals surface area (Å²) in [6, 6.07) is 10.3. The van der Waals surface area contributed by atoms with Gasteiger partial charge in [-0.25, -0.2) is 4.39 Å². The van der Waals surface area contributed by atoms with Crippen molar-refractivity contribution in [3.05, 3.63) is 47.2 Å². The third-order valence-electron chi connectivity index (χ3n) is 6.05. The Morgan fingerprint density at radius 1 is 0.767 bits per heavy atom. The van der Waals surface area contributed by atoms with Gasteiger partial charge in [0.2, 0.25) is 5.13 Å². The van der Waals surface area contributed by atoms with E-state index in [1.807, 2.05) is 12.1 Å². The number of aromatic nitrogens is 4. The molecule has 0 amide bonds. The van der Waals surface area contributed by atoms with Gasteiger partial charge in [-0.2, -0.15) is 0 Å². The minimum absolute atomic E-state index is 0.248. The maximum Gasteiger partial charge on any atom is 0.208 e. The Morgan fingerprint density at radius 3 is 2.20 bits per heavy atom. The summed E-state index contributed by atoms with van der Waals surface area (Å²) in [4.78, 5) is 4.59. The summed E-state index contributed by atoms with van der Waals surface area (Å²) in [5, 5.41) is 20.0. The highest BCUT2D eigenvalue weighted by molar-refractivity contribution is 7.15. The molecule has 1 saturated carbocycles. The zero-order valence-electron chi connectivity index (χ0n) is 16.9. The molecule has 3 heterocycles. The van der Waals surface area contributed by atoms with Gasteiger partial charge in [-0.3, -0.25) is 0 Å². The van der Waals surface area contributed by atoms with Crippen molar-refractivity contribution < 1.29 is 4.39 Å². The molecule has 8 heteroatoms. The van der Waals surface area contributed by atoms with Crippen LogP contribution < -0.4 is 9.80 Å². The first-order valence-corrected chi connectivity index (χ1v) is 11.5. The summed E-state index contributed by atoms with van der Waals surface area (Å²) in [6.45, 7) is 3.56. The molecule has 2 aromatic heterocycles. The zero-order chi connectivity index (χ0) is 20.3. The lowest BCUT2D eigenvalue weighted by molar-refractivity contribution is 0.440. The van der Waals surface area contributed by atoms with Gasteiger partial charge in [-0.15, -0.1) is 20.4 Å². The van der Waals surface area contributed by atoms with E-state index in [1.165, 1.54) is 49.2 Å². The van der Waals surface area contributed by atoms with E-state index in [9.17, 15) is 4.39 Å². The van der Waals surface area contributed by atoms with Crippen LogP contribution in [0.3, 0.4) is 0 Å². The molecule has 0 N–H and O–H groups in total. The van der Waals surface area contributed by atoms with E-state index < -0.39 is 0 Å². The number of nitrogens with zero attached hydrogens (tertiary/aromatic N) is 6. The standard InChI is InChI=1S/C22H25FN6S/c23-18-8-6-16(7-9-18)19-10-11-20(25-24-19)28-12-14-29(15-13-28)22-27-26-21(30-22)17-4-2-1-3-5-17/h6-11,17H,1-5,12-15H2. The predicted molar refractivity (Wildman–Crippen MR) is 118 cm³/mol. The first-order chi connectivity index (χ1) is 14.8. The highest BCUT2D eigenvalue weighted by Gasteiger charge is 2.24. The van der Waals surface area contributed by atoms with Gasteiger partial charge < -0.3 is 9.80 Å². The maximum absolute atomic E-state index is 13.1. The monoisotopic (exact) mass is 424 g/mol. The second-order valence-electron chi connectivity index (χ2n) is 8.02. The topological polar surface area (TPSA) is 58.0 Å². The van der Waals surface area contributed by atoms with Gasteiger partial charge in [0.05, 0.1) is 5.69 Å². The molecule has 5 rings (SSSR count). The van der Waals surface area contributed by atoms with Crippen LogP contribution in [0.2, 0.25) is 0 Å². The van der Waals surface area contributed by atoms with Crippen LogP contribution >= 0.6 is 11.3 Å². The van der Waals surface area contributed by atoms with E-state index in [1.54, 1.807) is 23.5 Å². The molecular weight excluding hydrogens is 399 g/mol. The van der Waals surface area contributed by atoms with Crippen molar-refractivity contribution in [2.75, 3.05) is 36.0 Å². The molecule has 0 radical (unpaired) electrons. The molecule has 0 atom stereocenters. The SMILES string of the molecule is Fc1ccc(-c2ccc(N3CCN(c4nnc(C5CCCCC5)s4)CC3)nn2)cc1. The van der Waals surface area contributed by atoms with Crippen molar-refractivity contribution >= 4 is 22.3 Å². The van der Waals surface area contributed by atoms with E-state index in [2.05, 4.69) is 30.2 Å². The summed E-state index contributed by atoms with van der Waals surface area (Å²) in [5.41, 5.74) is 1.62. The van der Waals surface area contributed by atoms with Crippen LogP contribution in [0.25, 0.3) is 11.3 Å². The molecule has 1 aliphatic heterocycles. The van der Waals surface area contributed by atoms with Gasteiger partial charge in [-0.05, 0) is 49.2 Å². The predicted octanol–water partition coefficient (Wildman–Crippen LogP) is 4.51. The van der Waals surface area contributed by atoms with Crippen molar-refractivity contribution in [1.82, 2.24) is 20.4 Å². The highest BCUT2D eigenvalue weighted by atomic mass is 32.1. The lowest BCUT2D eigenvalue weighted by Crippen LogP contribution is -2.46. The van der Waals surface area contributed by atoms with Crippen LogP contribution in [0, 0.1) is 5.82 Å². The van der Waals surface area contributed by atoms with E-state index in [-0.39, 0.29) is 5.82 Å². The maximum atomic E-state index is 13.1. The van der Waals surface area contributed by atoms with E-state index in [4.69, 9.17) is 0 Å². The normalized spacial score (nSPS) is 18.0. The largest absolute Gasteiger partial charge is 0.352 e. The van der Waals surface area contributed by atoms with Crippen molar-refractivity contribution in [3.63, 3.8) is 0 Å². The van der Waals surface area contributed by atoms with Crippen LogP contribution in [0.1, 0.15) is 43.0 Å². The quantitative estimate of drug-likeness (QED) is 0.614. The molecule has 1 saturated heterocycles. The minimum Gasteiger partial charge on any atom is -0.352 e. The number of piperazine rings is 1. The summed E-state index contributed by atoms with van der Waals surface area (Å²) in [7, 11) is 0. The first kappa shape index (κ1) is 19.4. The van der Waals surface area contributed by atoms with Crippen molar-refractivity contribution in [3.8, 4) is 11.3 Å². The molecule has 1 aromatic carbocycles. The second-order valence-corrected chi connectivity index (χ2v) is 9.00. The number of hydrogen-bond donors (Lipinski definition) is 0. The van der Waals surface area contributed by atoms with Crippen LogP contribution in [0.4, 0.5) is 15.3 Å². The molecule has 156 valence electrons. The fraction of sp³-hybridized carbons (Fsp3) is 0.455. The van der Waals surface area contributed by atoms with Crippen molar-refractivity contribution in [1.29, 1.82) is 0 Å². The van der Waals surface area contributed by atoms with Gasteiger partial charge in [0.15, 0.2) is 5.82 Å².